The molecule has 186 valence electrons. The Labute approximate surface area is 203 Å². The van der Waals surface area contributed by atoms with Crippen molar-refractivity contribution < 1.29 is 17.9 Å². The van der Waals surface area contributed by atoms with Gasteiger partial charge in [0.05, 0.1) is 12.9 Å². The molecule has 3 N–H and O–H groups in total. The van der Waals surface area contributed by atoms with E-state index in [-0.39, 0.29) is 6.61 Å². The third kappa shape index (κ3) is 5.53. The molecule has 0 fully saturated rings. The number of sulfone groups is 1. The Morgan fingerprint density at radius 3 is 2.80 bits per heavy atom. The van der Waals surface area contributed by atoms with Crippen LogP contribution in [0.5, 0.6) is 0 Å². The molecule has 0 saturated heterocycles. The largest absolute Gasteiger partial charge is 0.450 e. The first kappa shape index (κ1) is 24.5. The predicted octanol–water partition coefficient (Wildman–Crippen LogP) is 2.29. The van der Waals surface area contributed by atoms with Crippen LogP contribution in [0.3, 0.4) is 0 Å². The first-order valence-corrected chi connectivity index (χ1v) is 13.1. The van der Waals surface area contributed by atoms with Crippen molar-refractivity contribution in [3.63, 3.8) is 0 Å². The van der Waals surface area contributed by atoms with Gasteiger partial charge in [0, 0.05) is 33.4 Å². The van der Waals surface area contributed by atoms with Gasteiger partial charge in [-0.15, -0.1) is 0 Å². The van der Waals surface area contributed by atoms with E-state index >= 15 is 0 Å². The van der Waals surface area contributed by atoms with E-state index in [0.29, 0.717) is 42.4 Å². The molecule has 11 nitrogen and oxygen atoms in total. The van der Waals surface area contributed by atoms with Gasteiger partial charge < -0.3 is 25.3 Å². The zero-order chi connectivity index (χ0) is 25.2. The zero-order valence-corrected chi connectivity index (χ0v) is 20.7. The number of fused-ring (bicyclic) bond motifs is 2. The number of ether oxygens (including phenoxy) is 1. The highest BCUT2D eigenvalue weighted by atomic mass is 32.2. The molecule has 1 aliphatic carbocycles. The van der Waals surface area contributed by atoms with Gasteiger partial charge in [0.1, 0.15) is 10.8 Å². The third-order valence-corrected chi connectivity index (χ3v) is 7.05. The molecular formula is C23H29N7O4S. The smallest absolute Gasteiger partial charge is 0.407 e. The minimum Gasteiger partial charge on any atom is -0.450 e. The summed E-state index contributed by atoms with van der Waals surface area (Å²) in [5.41, 5.74) is 9.71. The maximum Gasteiger partial charge on any atom is 0.407 e. The summed E-state index contributed by atoms with van der Waals surface area (Å²) < 4.78 is 30.9. The number of amides is 1. The minimum absolute atomic E-state index is 0.279. The molecule has 12 heteroatoms. The van der Waals surface area contributed by atoms with E-state index in [2.05, 4.69) is 20.3 Å². The molecule has 1 amide bonds. The summed E-state index contributed by atoms with van der Waals surface area (Å²) in [5.74, 6) is 0.860. The van der Waals surface area contributed by atoms with Crippen LogP contribution < -0.4 is 16.0 Å². The van der Waals surface area contributed by atoms with Crippen LogP contribution >= 0.6 is 0 Å². The number of anilines is 2. The molecule has 4 rings (SSSR count). The molecule has 2 heterocycles. The lowest BCUT2D eigenvalue weighted by molar-refractivity contribution is 0.143. The molecule has 1 aliphatic rings. The van der Waals surface area contributed by atoms with Crippen molar-refractivity contribution in [1.82, 2.24) is 24.8 Å². The summed E-state index contributed by atoms with van der Waals surface area (Å²) in [6.07, 6.45) is 7.33. The second-order valence-electron chi connectivity index (χ2n) is 8.68. The molecule has 3 aromatic rings. The number of nitrogens with zero attached hydrogens (tertiary/aromatic N) is 5. The number of nitrogens with one attached hydrogen (secondary N) is 1. The third-order valence-electron chi connectivity index (χ3n) is 5.71. The second kappa shape index (κ2) is 9.90. The fraction of sp³-hybridized carbons (Fsp3) is 0.391. The number of nitrogen functional groups attached to an aromatic ring is 1. The van der Waals surface area contributed by atoms with E-state index in [1.807, 2.05) is 30.8 Å². The van der Waals surface area contributed by atoms with Gasteiger partial charge in [0.2, 0.25) is 5.95 Å². The summed E-state index contributed by atoms with van der Waals surface area (Å²) in [7, 11) is 0.496. The number of imidazole rings is 1. The van der Waals surface area contributed by atoms with Crippen molar-refractivity contribution in [3.8, 4) is 0 Å². The van der Waals surface area contributed by atoms with Gasteiger partial charge in [0.25, 0.3) is 0 Å². The second-order valence-corrected chi connectivity index (χ2v) is 10.8. The topological polar surface area (TPSA) is 145 Å². The van der Waals surface area contributed by atoms with Gasteiger partial charge in [-0.3, -0.25) is 0 Å². The van der Waals surface area contributed by atoms with Crippen LogP contribution in [0.2, 0.25) is 0 Å². The van der Waals surface area contributed by atoms with E-state index in [1.165, 1.54) is 6.26 Å². The van der Waals surface area contributed by atoms with Crippen LogP contribution in [0.1, 0.15) is 34.8 Å². The molecule has 0 bridgehead atoms. The van der Waals surface area contributed by atoms with Crippen molar-refractivity contribution in [2.24, 2.45) is 0 Å². The Morgan fingerprint density at radius 1 is 1.26 bits per heavy atom. The van der Waals surface area contributed by atoms with E-state index < -0.39 is 21.2 Å². The number of nitrogens with two attached hydrogens (primary N) is 1. The van der Waals surface area contributed by atoms with E-state index in [1.54, 1.807) is 29.4 Å². The van der Waals surface area contributed by atoms with E-state index in [4.69, 9.17) is 10.5 Å². The molecule has 1 atom stereocenters. The van der Waals surface area contributed by atoms with E-state index in [9.17, 15) is 13.2 Å². The number of aromatic nitrogens is 4. The van der Waals surface area contributed by atoms with Crippen molar-refractivity contribution in [1.29, 1.82) is 0 Å². The summed E-state index contributed by atoms with van der Waals surface area (Å²) in [4.78, 5) is 26.9. The van der Waals surface area contributed by atoms with Gasteiger partial charge >= 0.3 is 6.09 Å². The molecule has 0 spiro atoms. The van der Waals surface area contributed by atoms with Crippen LogP contribution in [0.15, 0.2) is 30.6 Å². The van der Waals surface area contributed by atoms with Crippen LogP contribution in [-0.4, -0.2) is 61.0 Å². The monoisotopic (exact) mass is 499 g/mol. The molecule has 0 saturated carbocycles. The number of rotatable bonds is 9. The molecular weight excluding hydrogens is 470 g/mol. The number of alkyl carbamates (subject to hydrolysis) is 1. The van der Waals surface area contributed by atoms with Crippen molar-refractivity contribution in [3.05, 3.63) is 47.3 Å². The van der Waals surface area contributed by atoms with Crippen LogP contribution in [-0.2, 0) is 27.7 Å². The average Bonchev–Trinajstić information content (AvgIpc) is 3.41. The average molecular weight is 500 g/mol. The SMILES string of the molecule is CN(C)c1nc(N)c2ncn(CCCCOC(=O)NCc3ccc4c(c3)C=CC4S(C)(=O)=O)c2n1. The maximum absolute atomic E-state index is 12.1. The van der Waals surface area contributed by atoms with Crippen molar-refractivity contribution in [2.75, 3.05) is 37.6 Å². The standard InChI is InChI=1S/C23H29N7O4S/c1-29(2)22-27-20(24)19-21(28-22)30(14-26-19)10-4-5-11-34-23(31)25-13-15-6-8-17-16(12-15)7-9-18(17)35(3,32)33/h6-9,12,14,18H,4-5,10-11,13H2,1-3H3,(H,25,31)(H2,24,27,28). The summed E-state index contributed by atoms with van der Waals surface area (Å²) in [6, 6.07) is 5.49. The Morgan fingerprint density at radius 2 is 2.06 bits per heavy atom. The lowest BCUT2D eigenvalue weighted by Gasteiger charge is -2.12. The highest BCUT2D eigenvalue weighted by Crippen LogP contribution is 2.34. The van der Waals surface area contributed by atoms with Crippen molar-refractivity contribution in [2.45, 2.75) is 31.2 Å². The molecule has 1 unspecified atom stereocenters. The highest BCUT2D eigenvalue weighted by molar-refractivity contribution is 7.91. The van der Waals surface area contributed by atoms with Gasteiger partial charge in [-0.2, -0.15) is 9.97 Å². The Kier molecular flexibility index (Phi) is 6.92. The van der Waals surface area contributed by atoms with Gasteiger partial charge in [-0.25, -0.2) is 18.2 Å². The number of unbranched alkanes of at least 4 members (excludes halogenated alkanes) is 1. The number of carbonyl (C=O) groups excluding carboxylic acids is 1. The molecule has 0 radical (unpaired) electrons. The zero-order valence-electron chi connectivity index (χ0n) is 19.9. The number of carbonyl (C=O) groups is 1. The molecule has 0 aliphatic heterocycles. The van der Waals surface area contributed by atoms with Crippen LogP contribution in [0, 0.1) is 0 Å². The Balaban J connectivity index is 1.21. The number of hydrogen-bond donors (Lipinski definition) is 2. The van der Waals surface area contributed by atoms with Crippen molar-refractivity contribution >= 4 is 44.9 Å². The Bertz CT molecular complexity index is 1380. The summed E-state index contributed by atoms with van der Waals surface area (Å²) in [6.45, 7) is 1.23. The molecule has 35 heavy (non-hydrogen) atoms. The minimum atomic E-state index is -3.20. The predicted molar refractivity (Wildman–Crippen MR) is 135 cm³/mol. The lowest BCUT2D eigenvalue weighted by Crippen LogP contribution is -2.24. The van der Waals surface area contributed by atoms with E-state index in [0.717, 1.165) is 23.1 Å². The quantitative estimate of drug-likeness (QED) is 0.423. The molecule has 1 aromatic carbocycles. The normalized spacial score (nSPS) is 14.8. The lowest BCUT2D eigenvalue weighted by atomic mass is 10.1. The number of benzene rings is 1. The fourth-order valence-electron chi connectivity index (χ4n) is 3.90. The first-order chi connectivity index (χ1) is 16.6. The Hall–Kier alpha value is -3.67. The number of aryl methyl sites for hydroxylation is 1. The molecule has 2 aromatic heterocycles. The van der Waals surface area contributed by atoms with Crippen LogP contribution in [0.25, 0.3) is 17.2 Å². The van der Waals surface area contributed by atoms with Gasteiger partial charge in [-0.1, -0.05) is 24.3 Å². The highest BCUT2D eigenvalue weighted by Gasteiger charge is 2.26. The maximum atomic E-state index is 12.1. The number of hydrogen-bond acceptors (Lipinski definition) is 9. The summed E-state index contributed by atoms with van der Waals surface area (Å²) in [5, 5.41) is 2.12. The van der Waals surface area contributed by atoms with Crippen LogP contribution in [0.4, 0.5) is 16.6 Å². The van der Waals surface area contributed by atoms with Gasteiger partial charge in [0.15, 0.2) is 21.3 Å². The fourth-order valence-corrected chi connectivity index (χ4v) is 4.94. The van der Waals surface area contributed by atoms with Gasteiger partial charge in [-0.05, 0) is 35.6 Å². The summed E-state index contributed by atoms with van der Waals surface area (Å²) >= 11 is 0. The first-order valence-electron chi connectivity index (χ1n) is 11.2.